The Kier molecular flexibility index (Phi) is 7.10. The summed E-state index contributed by atoms with van der Waals surface area (Å²) in [6.07, 6.45) is 1.65. The topological polar surface area (TPSA) is 76.7 Å². The molecule has 3 aromatic rings. The van der Waals surface area contributed by atoms with E-state index in [1.807, 2.05) is 49.6 Å². The molecule has 2 N–H and O–H groups in total. The van der Waals surface area contributed by atoms with E-state index in [1.54, 1.807) is 24.3 Å². The molecular weight excluding hydrogens is 412 g/mol. The van der Waals surface area contributed by atoms with Crippen molar-refractivity contribution >= 4 is 34.9 Å². The number of benzene rings is 2. The van der Waals surface area contributed by atoms with Gasteiger partial charge >= 0.3 is 0 Å². The van der Waals surface area contributed by atoms with Gasteiger partial charge in [-0.1, -0.05) is 12.1 Å². The van der Waals surface area contributed by atoms with Crippen molar-refractivity contribution in [3.63, 3.8) is 0 Å². The molecule has 3 rings (SSSR count). The smallest absolute Gasteiger partial charge is 0.272 e. The minimum atomic E-state index is -0.431. The van der Waals surface area contributed by atoms with Crippen LogP contribution in [0, 0.1) is 13.8 Å². The van der Waals surface area contributed by atoms with Crippen molar-refractivity contribution in [3.8, 4) is 11.5 Å². The maximum absolute atomic E-state index is 13.0. The number of methoxy groups -OCH3 is 2. The summed E-state index contributed by atoms with van der Waals surface area (Å²) in [5, 5.41) is 7.49. The van der Waals surface area contributed by atoms with E-state index in [9.17, 15) is 9.59 Å². The van der Waals surface area contributed by atoms with Crippen molar-refractivity contribution in [1.29, 1.82) is 0 Å². The fourth-order valence-corrected chi connectivity index (χ4v) is 3.52. The van der Waals surface area contributed by atoms with Crippen LogP contribution in [0.5, 0.6) is 11.5 Å². The highest BCUT2D eigenvalue weighted by Crippen LogP contribution is 2.27. The Hall–Kier alpha value is -3.58. The Morgan fingerprint density at radius 3 is 2.35 bits per heavy atom. The van der Waals surface area contributed by atoms with Crippen molar-refractivity contribution in [2.45, 2.75) is 13.8 Å². The van der Waals surface area contributed by atoms with E-state index >= 15 is 0 Å². The molecule has 0 radical (unpaired) electrons. The van der Waals surface area contributed by atoms with Gasteiger partial charge in [-0.05, 0) is 72.8 Å². The SMILES string of the molecule is COc1ccc(C(=O)N/C(=C\c2cccs2)C(=O)Nc2ccc(C)c(C)c2)cc1OC. The summed E-state index contributed by atoms with van der Waals surface area (Å²) in [7, 11) is 3.02. The number of hydrogen-bond acceptors (Lipinski definition) is 5. The van der Waals surface area contributed by atoms with Crippen LogP contribution in [0.25, 0.3) is 6.08 Å². The zero-order valence-corrected chi connectivity index (χ0v) is 18.6. The second kappa shape index (κ2) is 9.95. The quantitative estimate of drug-likeness (QED) is 0.522. The predicted octanol–water partition coefficient (Wildman–Crippen LogP) is 4.79. The minimum absolute atomic E-state index is 0.139. The zero-order valence-electron chi connectivity index (χ0n) is 17.8. The Morgan fingerprint density at radius 2 is 1.71 bits per heavy atom. The molecule has 6 nitrogen and oxygen atoms in total. The largest absolute Gasteiger partial charge is 0.493 e. The van der Waals surface area contributed by atoms with Gasteiger partial charge in [-0.15, -0.1) is 11.3 Å². The van der Waals surface area contributed by atoms with E-state index in [0.717, 1.165) is 16.0 Å². The molecule has 160 valence electrons. The standard InChI is InChI=1S/C24H24N2O4S/c1-15-7-9-18(12-16(15)2)25-24(28)20(14-19-6-5-11-31-19)26-23(27)17-8-10-21(29-3)22(13-17)30-4/h5-14H,1-4H3,(H,25,28)(H,26,27)/b20-14-. The summed E-state index contributed by atoms with van der Waals surface area (Å²) in [5.74, 6) is 0.101. The normalized spacial score (nSPS) is 11.0. The van der Waals surface area contributed by atoms with Crippen LogP contribution in [-0.2, 0) is 4.79 Å². The fraction of sp³-hybridized carbons (Fsp3) is 0.167. The lowest BCUT2D eigenvalue weighted by molar-refractivity contribution is -0.113. The Bertz CT molecular complexity index is 1120. The van der Waals surface area contributed by atoms with Crippen LogP contribution >= 0.6 is 11.3 Å². The lowest BCUT2D eigenvalue weighted by Gasteiger charge is -2.13. The number of anilines is 1. The van der Waals surface area contributed by atoms with E-state index in [-0.39, 0.29) is 5.70 Å². The summed E-state index contributed by atoms with van der Waals surface area (Å²) >= 11 is 1.47. The second-order valence-electron chi connectivity index (χ2n) is 6.85. The van der Waals surface area contributed by atoms with E-state index in [4.69, 9.17) is 9.47 Å². The third-order valence-corrected chi connectivity index (χ3v) is 5.55. The molecule has 0 saturated carbocycles. The number of nitrogens with one attached hydrogen (secondary N) is 2. The van der Waals surface area contributed by atoms with Gasteiger partial charge in [0.1, 0.15) is 5.70 Å². The third kappa shape index (κ3) is 5.52. The van der Waals surface area contributed by atoms with Crippen LogP contribution in [0.4, 0.5) is 5.69 Å². The summed E-state index contributed by atoms with van der Waals surface area (Å²) in [5.41, 5.74) is 3.34. The van der Waals surface area contributed by atoms with Crippen LogP contribution < -0.4 is 20.1 Å². The highest BCUT2D eigenvalue weighted by molar-refractivity contribution is 7.10. The number of rotatable bonds is 7. The molecule has 2 amide bonds. The first kappa shape index (κ1) is 22.1. The van der Waals surface area contributed by atoms with Crippen LogP contribution in [-0.4, -0.2) is 26.0 Å². The minimum Gasteiger partial charge on any atom is -0.493 e. The van der Waals surface area contributed by atoms with Gasteiger partial charge in [-0.25, -0.2) is 0 Å². The van der Waals surface area contributed by atoms with E-state index in [2.05, 4.69) is 10.6 Å². The van der Waals surface area contributed by atoms with Crippen molar-refractivity contribution in [2.24, 2.45) is 0 Å². The average molecular weight is 437 g/mol. The van der Waals surface area contributed by atoms with Gasteiger partial charge in [0.25, 0.3) is 11.8 Å². The molecule has 1 heterocycles. The van der Waals surface area contributed by atoms with E-state index in [1.165, 1.54) is 25.6 Å². The van der Waals surface area contributed by atoms with Gasteiger partial charge in [-0.2, -0.15) is 0 Å². The maximum Gasteiger partial charge on any atom is 0.272 e. The number of carbonyl (C=O) groups excluding carboxylic acids is 2. The number of aryl methyl sites for hydroxylation is 2. The summed E-state index contributed by atoms with van der Waals surface area (Å²) in [6.45, 7) is 3.98. The van der Waals surface area contributed by atoms with Crippen molar-refractivity contribution in [2.75, 3.05) is 19.5 Å². The van der Waals surface area contributed by atoms with Gasteiger partial charge in [0.15, 0.2) is 11.5 Å². The molecule has 0 bridgehead atoms. The summed E-state index contributed by atoms with van der Waals surface area (Å²) < 4.78 is 10.5. The number of amides is 2. The first-order valence-corrected chi connectivity index (χ1v) is 10.5. The van der Waals surface area contributed by atoms with Gasteiger partial charge in [0, 0.05) is 16.1 Å². The molecule has 0 saturated heterocycles. The Balaban J connectivity index is 1.86. The average Bonchev–Trinajstić information content (AvgIpc) is 3.28. The third-order valence-electron chi connectivity index (χ3n) is 4.73. The number of hydrogen-bond donors (Lipinski definition) is 2. The number of carbonyl (C=O) groups is 2. The monoisotopic (exact) mass is 436 g/mol. The highest BCUT2D eigenvalue weighted by atomic mass is 32.1. The molecule has 0 spiro atoms. The zero-order chi connectivity index (χ0) is 22.4. The predicted molar refractivity (Wildman–Crippen MR) is 124 cm³/mol. The Morgan fingerprint density at radius 1 is 0.935 bits per heavy atom. The lowest BCUT2D eigenvalue weighted by Crippen LogP contribution is -2.30. The molecule has 0 aliphatic rings. The molecular formula is C24H24N2O4S. The lowest BCUT2D eigenvalue weighted by atomic mass is 10.1. The molecule has 0 unspecified atom stereocenters. The van der Waals surface area contributed by atoms with Crippen LogP contribution in [0.3, 0.4) is 0 Å². The fourth-order valence-electron chi connectivity index (χ4n) is 2.86. The maximum atomic E-state index is 13.0. The first-order chi connectivity index (χ1) is 14.9. The highest BCUT2D eigenvalue weighted by Gasteiger charge is 2.17. The molecule has 7 heteroatoms. The molecule has 0 fully saturated rings. The van der Waals surface area contributed by atoms with Crippen LogP contribution in [0.2, 0.25) is 0 Å². The van der Waals surface area contributed by atoms with E-state index < -0.39 is 11.8 Å². The first-order valence-electron chi connectivity index (χ1n) is 9.58. The van der Waals surface area contributed by atoms with Crippen molar-refractivity contribution < 1.29 is 19.1 Å². The number of thiophene rings is 1. The van der Waals surface area contributed by atoms with Gasteiger partial charge in [0.2, 0.25) is 0 Å². The molecule has 2 aromatic carbocycles. The molecule has 0 atom stereocenters. The van der Waals surface area contributed by atoms with Gasteiger partial charge in [-0.3, -0.25) is 9.59 Å². The second-order valence-corrected chi connectivity index (χ2v) is 7.83. The number of ether oxygens (including phenoxy) is 2. The molecule has 1 aromatic heterocycles. The van der Waals surface area contributed by atoms with Gasteiger partial charge < -0.3 is 20.1 Å². The molecule has 0 aliphatic heterocycles. The molecule has 31 heavy (non-hydrogen) atoms. The molecule has 0 aliphatic carbocycles. The van der Waals surface area contributed by atoms with Crippen molar-refractivity contribution in [1.82, 2.24) is 5.32 Å². The van der Waals surface area contributed by atoms with Crippen molar-refractivity contribution in [3.05, 3.63) is 81.2 Å². The van der Waals surface area contributed by atoms with Crippen LogP contribution in [0.1, 0.15) is 26.4 Å². The van der Waals surface area contributed by atoms with E-state index in [0.29, 0.717) is 22.7 Å². The van der Waals surface area contributed by atoms with Gasteiger partial charge in [0.05, 0.1) is 14.2 Å². The summed E-state index contributed by atoms with van der Waals surface area (Å²) in [4.78, 5) is 26.7. The Labute approximate surface area is 185 Å². The van der Waals surface area contributed by atoms with Crippen LogP contribution in [0.15, 0.2) is 59.6 Å². The summed E-state index contributed by atoms with van der Waals surface area (Å²) in [6, 6.07) is 14.2.